The number of aromatic nitrogens is 3. The van der Waals surface area contributed by atoms with Crippen molar-refractivity contribution in [2.45, 2.75) is 13.5 Å². The lowest BCUT2D eigenvalue weighted by molar-refractivity contribution is -0.750. The zero-order chi connectivity index (χ0) is 15.5. The number of halogens is 1. The van der Waals surface area contributed by atoms with Crippen molar-refractivity contribution in [3.8, 4) is 11.3 Å². The minimum Gasteiger partial charge on any atom is -0.273 e. The highest BCUT2D eigenvalue weighted by Crippen LogP contribution is 2.21. The Hall–Kier alpha value is -1.57. The van der Waals surface area contributed by atoms with Crippen LogP contribution in [0.4, 0.5) is 0 Å². The van der Waals surface area contributed by atoms with Gasteiger partial charge in [0.15, 0.2) is 12.7 Å². The van der Waals surface area contributed by atoms with Gasteiger partial charge in [0.1, 0.15) is 11.9 Å². The largest absolute Gasteiger partial charge is 0.273 e. The Morgan fingerprint density at radius 1 is 1.38 bits per heavy atom. The molecule has 6 nitrogen and oxygen atoms in total. The van der Waals surface area contributed by atoms with Gasteiger partial charge in [-0.2, -0.15) is 8.42 Å². The number of hydrogen-bond acceptors (Lipinski definition) is 5. The monoisotopic (exact) mass is 328 g/mol. The number of rotatable bonds is 5. The zero-order valence-corrected chi connectivity index (χ0v) is 13.2. The van der Waals surface area contributed by atoms with Crippen molar-refractivity contribution in [2.24, 2.45) is 0 Å². The number of hydrogen-bond donors (Lipinski definition) is 0. The van der Waals surface area contributed by atoms with E-state index >= 15 is 0 Å². The Morgan fingerprint density at radius 2 is 2.14 bits per heavy atom. The normalized spacial score (nSPS) is 11.6. The summed E-state index contributed by atoms with van der Waals surface area (Å²) in [6, 6.07) is 3.66. The first-order valence-electron chi connectivity index (χ1n) is 6.18. The first kappa shape index (κ1) is 15.8. The molecule has 2 aromatic rings. The van der Waals surface area contributed by atoms with Gasteiger partial charge < -0.3 is 0 Å². The summed E-state index contributed by atoms with van der Waals surface area (Å²) in [6.45, 7) is 2.14. The predicted molar refractivity (Wildman–Crippen MR) is 78.2 cm³/mol. The quantitative estimate of drug-likeness (QED) is 0.612. The van der Waals surface area contributed by atoms with Crippen LogP contribution in [0.25, 0.3) is 11.3 Å². The van der Waals surface area contributed by atoms with E-state index in [1.807, 2.05) is 19.1 Å². The summed E-state index contributed by atoms with van der Waals surface area (Å²) in [5.41, 5.74) is 2.59. The molecule has 0 N–H and O–H groups in total. The summed E-state index contributed by atoms with van der Waals surface area (Å²) in [5.74, 6) is -0.126. The van der Waals surface area contributed by atoms with Crippen LogP contribution in [0.3, 0.4) is 0 Å². The first-order valence-corrected chi connectivity index (χ1v) is 8.13. The van der Waals surface area contributed by atoms with Gasteiger partial charge in [-0.1, -0.05) is 16.3 Å². The van der Waals surface area contributed by atoms with Crippen LogP contribution in [0.15, 0.2) is 30.7 Å². The standard InChI is InChI=1S/C13H15ClN3O3S/c1-10-7-12(14)9-15-13(10)11-3-4-17(16-8-11)5-6-21(18,19)20-2/h3-4,7-9H,5-6H2,1-2H3/q+1. The van der Waals surface area contributed by atoms with Gasteiger partial charge >= 0.3 is 0 Å². The van der Waals surface area contributed by atoms with Crippen molar-refractivity contribution in [1.82, 2.24) is 10.1 Å². The Morgan fingerprint density at radius 3 is 2.71 bits per heavy atom. The minimum absolute atomic E-state index is 0.126. The van der Waals surface area contributed by atoms with Gasteiger partial charge in [0.25, 0.3) is 10.1 Å². The molecule has 0 unspecified atom stereocenters. The van der Waals surface area contributed by atoms with E-state index in [0.29, 0.717) is 5.02 Å². The van der Waals surface area contributed by atoms with Crippen molar-refractivity contribution in [1.29, 1.82) is 0 Å². The fourth-order valence-electron chi connectivity index (χ4n) is 1.79. The average molecular weight is 329 g/mol. The summed E-state index contributed by atoms with van der Waals surface area (Å²) >= 11 is 5.88. The summed E-state index contributed by atoms with van der Waals surface area (Å²) in [7, 11) is -2.33. The highest BCUT2D eigenvalue weighted by atomic mass is 35.5. The SMILES string of the molecule is COS(=O)(=O)CC[n+]1ccc(-c2ncc(Cl)cc2C)cn1. The molecular weight excluding hydrogens is 314 g/mol. The third-order valence-electron chi connectivity index (χ3n) is 2.91. The van der Waals surface area contributed by atoms with Crippen LogP contribution in [-0.4, -0.2) is 31.4 Å². The third-order valence-corrected chi connectivity index (χ3v) is 4.31. The lowest BCUT2D eigenvalue weighted by atomic mass is 10.1. The van der Waals surface area contributed by atoms with E-state index in [2.05, 4.69) is 14.3 Å². The van der Waals surface area contributed by atoms with Crippen molar-refractivity contribution in [3.05, 3.63) is 41.3 Å². The third kappa shape index (κ3) is 4.20. The molecule has 0 saturated heterocycles. The van der Waals surface area contributed by atoms with Gasteiger partial charge in [0.2, 0.25) is 0 Å². The van der Waals surface area contributed by atoms with Gasteiger partial charge in [0.05, 0.1) is 17.8 Å². The van der Waals surface area contributed by atoms with Gasteiger partial charge in [-0.15, -0.1) is 0 Å². The van der Waals surface area contributed by atoms with E-state index in [1.54, 1.807) is 18.6 Å². The molecule has 2 aromatic heterocycles. The summed E-state index contributed by atoms with van der Waals surface area (Å²) in [5, 5.41) is 4.76. The van der Waals surface area contributed by atoms with Crippen LogP contribution < -0.4 is 4.68 Å². The summed E-state index contributed by atoms with van der Waals surface area (Å²) < 4.78 is 28.4. The maximum absolute atomic E-state index is 11.3. The molecule has 0 aliphatic rings. The maximum Gasteiger partial charge on any atom is 0.273 e. The molecule has 112 valence electrons. The van der Waals surface area contributed by atoms with Crippen molar-refractivity contribution >= 4 is 21.7 Å². The molecule has 0 spiro atoms. The Kier molecular flexibility index (Phi) is 4.87. The topological polar surface area (TPSA) is 73.0 Å². The van der Waals surface area contributed by atoms with Crippen LogP contribution >= 0.6 is 11.6 Å². The number of aryl methyl sites for hydroxylation is 2. The van der Waals surface area contributed by atoms with E-state index < -0.39 is 10.1 Å². The first-order chi connectivity index (χ1) is 9.91. The number of nitrogens with zero attached hydrogens (tertiary/aromatic N) is 3. The molecule has 0 bridgehead atoms. The molecule has 0 aliphatic heterocycles. The molecule has 0 aromatic carbocycles. The van der Waals surface area contributed by atoms with Crippen LogP contribution in [0.1, 0.15) is 5.56 Å². The molecule has 0 amide bonds. The van der Waals surface area contributed by atoms with E-state index in [9.17, 15) is 8.42 Å². The molecule has 0 saturated carbocycles. The molecule has 21 heavy (non-hydrogen) atoms. The Balaban J connectivity index is 2.15. The van der Waals surface area contributed by atoms with Gasteiger partial charge in [0, 0.05) is 17.8 Å². The Labute approximate surface area is 128 Å². The molecule has 2 rings (SSSR count). The second-order valence-electron chi connectivity index (χ2n) is 4.43. The van der Waals surface area contributed by atoms with Crippen LogP contribution in [0, 0.1) is 6.92 Å². The van der Waals surface area contributed by atoms with Crippen molar-refractivity contribution < 1.29 is 17.3 Å². The van der Waals surface area contributed by atoms with Gasteiger partial charge in [-0.3, -0.25) is 9.17 Å². The van der Waals surface area contributed by atoms with Crippen molar-refractivity contribution in [2.75, 3.05) is 12.9 Å². The van der Waals surface area contributed by atoms with Crippen molar-refractivity contribution in [3.63, 3.8) is 0 Å². The molecule has 0 aliphatic carbocycles. The highest BCUT2D eigenvalue weighted by Gasteiger charge is 2.14. The van der Waals surface area contributed by atoms with Crippen LogP contribution in [-0.2, 0) is 20.8 Å². The Bertz CT molecular complexity index is 733. The molecule has 0 fully saturated rings. The summed E-state index contributed by atoms with van der Waals surface area (Å²) in [4.78, 5) is 4.28. The maximum atomic E-state index is 11.3. The molecule has 8 heteroatoms. The van der Waals surface area contributed by atoms with E-state index in [0.717, 1.165) is 23.9 Å². The minimum atomic E-state index is -3.48. The molecular formula is C13H15ClN3O3S+. The lowest BCUT2D eigenvalue weighted by Crippen LogP contribution is -2.40. The van der Waals surface area contributed by atoms with Crippen LogP contribution in [0.5, 0.6) is 0 Å². The highest BCUT2D eigenvalue weighted by molar-refractivity contribution is 7.86. The van der Waals surface area contributed by atoms with Gasteiger partial charge in [-0.25, -0.2) is 0 Å². The van der Waals surface area contributed by atoms with Gasteiger partial charge in [-0.05, 0) is 23.7 Å². The lowest BCUT2D eigenvalue weighted by Gasteiger charge is -2.04. The molecule has 2 heterocycles. The van der Waals surface area contributed by atoms with E-state index in [1.165, 1.54) is 4.68 Å². The fourth-order valence-corrected chi connectivity index (χ4v) is 2.58. The fraction of sp³-hybridized carbons (Fsp3) is 0.308. The molecule has 0 radical (unpaired) electrons. The molecule has 0 atom stereocenters. The zero-order valence-electron chi connectivity index (χ0n) is 11.7. The number of pyridine rings is 1. The second kappa shape index (κ2) is 6.46. The smallest absolute Gasteiger partial charge is 0.273 e. The predicted octanol–water partition coefficient (Wildman–Crippen LogP) is 1.37. The summed E-state index contributed by atoms with van der Waals surface area (Å²) in [6.07, 6.45) is 4.93. The average Bonchev–Trinajstić information content (AvgIpc) is 2.46. The van der Waals surface area contributed by atoms with Crippen LogP contribution in [0.2, 0.25) is 5.02 Å². The van der Waals surface area contributed by atoms with E-state index in [-0.39, 0.29) is 12.3 Å². The second-order valence-corrected chi connectivity index (χ2v) is 6.72. The van der Waals surface area contributed by atoms with E-state index in [4.69, 9.17) is 11.6 Å².